The summed E-state index contributed by atoms with van der Waals surface area (Å²) < 4.78 is 11.8. The predicted molar refractivity (Wildman–Crippen MR) is 108 cm³/mol. The first-order valence-corrected chi connectivity index (χ1v) is 9.86. The van der Waals surface area contributed by atoms with E-state index in [1.165, 1.54) is 16.9 Å². The van der Waals surface area contributed by atoms with Gasteiger partial charge >= 0.3 is 5.97 Å². The van der Waals surface area contributed by atoms with Crippen LogP contribution in [-0.2, 0) is 11.3 Å². The summed E-state index contributed by atoms with van der Waals surface area (Å²) in [6.07, 6.45) is 1.55. The third-order valence-corrected chi connectivity index (χ3v) is 5.54. The molecule has 0 N–H and O–H groups in total. The molecule has 0 saturated carbocycles. The molecule has 0 radical (unpaired) electrons. The van der Waals surface area contributed by atoms with E-state index in [1.54, 1.807) is 6.20 Å². The van der Waals surface area contributed by atoms with Crippen LogP contribution in [0.15, 0.2) is 51.5 Å². The van der Waals surface area contributed by atoms with Gasteiger partial charge in [-0.25, -0.2) is 14.8 Å². The summed E-state index contributed by atoms with van der Waals surface area (Å²) in [5.74, 6) is -0.0810. The Morgan fingerprint density at radius 1 is 1.22 bits per heavy atom. The van der Waals surface area contributed by atoms with Crippen LogP contribution in [0, 0.1) is 13.8 Å². The highest BCUT2D eigenvalue weighted by atomic mass is 79.9. The maximum atomic E-state index is 12.3. The van der Waals surface area contributed by atoms with E-state index in [2.05, 4.69) is 32.0 Å². The third kappa shape index (κ3) is 3.79. The van der Waals surface area contributed by atoms with E-state index >= 15 is 0 Å². The number of aryl methyl sites for hydroxylation is 2. The number of thiazole rings is 1. The Labute approximate surface area is 168 Å². The number of halogens is 1. The molecule has 4 aromatic rings. The molecule has 4 rings (SSSR count). The number of carbonyl (C=O) groups is 1. The maximum Gasteiger partial charge on any atom is 0.350 e. The molecule has 0 fully saturated rings. The van der Waals surface area contributed by atoms with Crippen LogP contribution in [0.1, 0.15) is 26.7 Å². The monoisotopic (exact) mass is 442 g/mol. The summed E-state index contributed by atoms with van der Waals surface area (Å²) in [4.78, 5) is 21.5. The normalized spacial score (nSPS) is 11.1. The van der Waals surface area contributed by atoms with Crippen molar-refractivity contribution >= 4 is 44.3 Å². The number of esters is 1. The van der Waals surface area contributed by atoms with Crippen LogP contribution in [0.5, 0.6) is 0 Å². The average molecular weight is 443 g/mol. The van der Waals surface area contributed by atoms with Crippen LogP contribution in [-0.4, -0.2) is 15.9 Å². The molecule has 27 heavy (non-hydrogen) atoms. The number of fused-ring (bicyclic) bond motifs is 1. The predicted octanol–water partition coefficient (Wildman–Crippen LogP) is 5.69. The van der Waals surface area contributed by atoms with Crippen molar-refractivity contribution in [3.05, 3.63) is 69.0 Å². The molecule has 5 nitrogen and oxygen atoms in total. The minimum atomic E-state index is -0.438. The van der Waals surface area contributed by atoms with Gasteiger partial charge in [-0.3, -0.25) is 0 Å². The SMILES string of the molecule is Cc1ccc(-c2ncc(C(=O)OCc3nc4ccc(Br)cc4o3)s2)c(C)c1. The van der Waals surface area contributed by atoms with Gasteiger partial charge in [0.15, 0.2) is 12.2 Å². The number of ether oxygens (including phenoxy) is 1. The van der Waals surface area contributed by atoms with Crippen molar-refractivity contribution in [3.63, 3.8) is 0 Å². The second-order valence-corrected chi connectivity index (χ2v) is 8.09. The lowest BCUT2D eigenvalue weighted by Gasteiger charge is -2.03. The van der Waals surface area contributed by atoms with Gasteiger partial charge in [-0.1, -0.05) is 39.7 Å². The third-order valence-electron chi connectivity index (χ3n) is 4.04. The largest absolute Gasteiger partial charge is 0.451 e. The highest BCUT2D eigenvalue weighted by Crippen LogP contribution is 2.29. The van der Waals surface area contributed by atoms with Crippen LogP contribution in [0.4, 0.5) is 0 Å². The molecular weight excluding hydrogens is 428 g/mol. The van der Waals surface area contributed by atoms with E-state index in [0.717, 1.165) is 26.1 Å². The van der Waals surface area contributed by atoms with Gasteiger partial charge in [0.2, 0.25) is 5.89 Å². The van der Waals surface area contributed by atoms with Gasteiger partial charge in [-0.05, 0) is 37.6 Å². The lowest BCUT2D eigenvalue weighted by molar-refractivity contribution is 0.0446. The Balaban J connectivity index is 1.47. The first-order chi connectivity index (χ1) is 13.0. The summed E-state index contributed by atoms with van der Waals surface area (Å²) in [6, 6.07) is 11.7. The van der Waals surface area contributed by atoms with E-state index < -0.39 is 5.97 Å². The molecule has 0 amide bonds. The summed E-state index contributed by atoms with van der Waals surface area (Å²) >= 11 is 4.70. The lowest BCUT2D eigenvalue weighted by Crippen LogP contribution is -2.03. The molecule has 2 heterocycles. The van der Waals surface area contributed by atoms with E-state index in [4.69, 9.17) is 9.15 Å². The van der Waals surface area contributed by atoms with Crippen molar-refractivity contribution in [3.8, 4) is 10.6 Å². The van der Waals surface area contributed by atoms with Crippen LogP contribution in [0.25, 0.3) is 21.7 Å². The summed E-state index contributed by atoms with van der Waals surface area (Å²) in [5.41, 5.74) is 4.71. The number of benzene rings is 2. The van der Waals surface area contributed by atoms with Crippen LogP contribution >= 0.6 is 27.3 Å². The van der Waals surface area contributed by atoms with Crippen LogP contribution in [0.2, 0.25) is 0 Å². The van der Waals surface area contributed by atoms with Crippen molar-refractivity contribution in [2.24, 2.45) is 0 Å². The van der Waals surface area contributed by atoms with Crippen LogP contribution < -0.4 is 0 Å². The van der Waals surface area contributed by atoms with Gasteiger partial charge in [0.25, 0.3) is 0 Å². The molecule has 0 aliphatic carbocycles. The Morgan fingerprint density at radius 2 is 2.07 bits per heavy atom. The number of oxazole rings is 1. The molecule has 0 bridgehead atoms. The lowest BCUT2D eigenvalue weighted by atomic mass is 10.1. The minimum absolute atomic E-state index is 0.0259. The molecule has 0 aliphatic heterocycles. The molecule has 0 saturated heterocycles. The van der Waals surface area contributed by atoms with E-state index in [-0.39, 0.29) is 6.61 Å². The summed E-state index contributed by atoms with van der Waals surface area (Å²) in [5, 5.41) is 0.797. The topological polar surface area (TPSA) is 65.2 Å². The zero-order valence-electron chi connectivity index (χ0n) is 14.7. The molecule has 0 aliphatic rings. The van der Waals surface area contributed by atoms with Gasteiger partial charge in [0.1, 0.15) is 15.4 Å². The van der Waals surface area contributed by atoms with Gasteiger partial charge < -0.3 is 9.15 Å². The zero-order chi connectivity index (χ0) is 19.0. The Morgan fingerprint density at radius 3 is 2.89 bits per heavy atom. The zero-order valence-corrected chi connectivity index (χ0v) is 17.1. The quantitative estimate of drug-likeness (QED) is 0.380. The average Bonchev–Trinajstić information content (AvgIpc) is 3.26. The molecular formula is C20H15BrN2O3S. The minimum Gasteiger partial charge on any atom is -0.451 e. The number of aromatic nitrogens is 2. The second kappa shape index (κ2) is 7.25. The van der Waals surface area contributed by atoms with Crippen molar-refractivity contribution < 1.29 is 13.9 Å². The molecule has 7 heteroatoms. The van der Waals surface area contributed by atoms with Crippen LogP contribution in [0.3, 0.4) is 0 Å². The molecule has 136 valence electrons. The van der Waals surface area contributed by atoms with E-state index in [1.807, 2.05) is 44.2 Å². The van der Waals surface area contributed by atoms with Crippen molar-refractivity contribution in [2.75, 3.05) is 0 Å². The molecule has 0 unspecified atom stereocenters. The smallest absolute Gasteiger partial charge is 0.350 e. The molecule has 0 spiro atoms. The van der Waals surface area contributed by atoms with Crippen molar-refractivity contribution in [1.82, 2.24) is 9.97 Å². The highest BCUT2D eigenvalue weighted by Gasteiger charge is 2.16. The fraction of sp³-hybridized carbons (Fsp3) is 0.150. The number of rotatable bonds is 4. The summed E-state index contributed by atoms with van der Waals surface area (Å²) in [6.45, 7) is 4.06. The molecule has 2 aromatic carbocycles. The molecule has 0 atom stereocenters. The van der Waals surface area contributed by atoms with Crippen molar-refractivity contribution in [2.45, 2.75) is 20.5 Å². The second-order valence-electron chi connectivity index (χ2n) is 6.14. The Bertz CT molecular complexity index is 1150. The van der Waals surface area contributed by atoms with E-state index in [9.17, 15) is 4.79 Å². The Hall–Kier alpha value is -2.51. The fourth-order valence-electron chi connectivity index (χ4n) is 2.75. The number of nitrogens with zero attached hydrogens (tertiary/aromatic N) is 2. The number of hydrogen-bond donors (Lipinski definition) is 0. The van der Waals surface area contributed by atoms with Crippen molar-refractivity contribution in [1.29, 1.82) is 0 Å². The van der Waals surface area contributed by atoms with Gasteiger partial charge in [-0.15, -0.1) is 11.3 Å². The van der Waals surface area contributed by atoms with Gasteiger partial charge in [-0.2, -0.15) is 0 Å². The van der Waals surface area contributed by atoms with Gasteiger partial charge in [0, 0.05) is 10.0 Å². The van der Waals surface area contributed by atoms with E-state index in [0.29, 0.717) is 16.4 Å². The fourth-order valence-corrected chi connectivity index (χ4v) is 3.99. The first kappa shape index (κ1) is 17.9. The van der Waals surface area contributed by atoms with Gasteiger partial charge in [0.05, 0.1) is 6.20 Å². The first-order valence-electron chi connectivity index (χ1n) is 8.25. The standard InChI is InChI=1S/C20H15BrN2O3S/c1-11-3-5-14(12(2)7-11)19-22-9-17(27-19)20(24)25-10-18-23-15-6-4-13(21)8-16(15)26-18/h3-9H,10H2,1-2H3. The molecule has 2 aromatic heterocycles. The Kier molecular flexibility index (Phi) is 4.80. The highest BCUT2D eigenvalue weighted by molar-refractivity contribution is 9.10. The summed E-state index contributed by atoms with van der Waals surface area (Å²) in [7, 11) is 0. The maximum absolute atomic E-state index is 12.3. The number of carbonyl (C=O) groups excluding carboxylic acids is 1. The number of hydrogen-bond acceptors (Lipinski definition) is 6.